The summed E-state index contributed by atoms with van der Waals surface area (Å²) in [5.74, 6) is -0.0739. The van der Waals surface area contributed by atoms with Crippen molar-refractivity contribution < 1.29 is 14.3 Å². The molecule has 0 radical (unpaired) electrons. The van der Waals surface area contributed by atoms with E-state index in [1.807, 2.05) is 19.9 Å². The van der Waals surface area contributed by atoms with E-state index in [1.165, 1.54) is 24.7 Å². The number of alkyl halides is 1. The van der Waals surface area contributed by atoms with Gasteiger partial charge in [0.25, 0.3) is 5.91 Å². The number of amides is 1. The maximum Gasteiger partial charge on any atom is 0.255 e. The molecule has 3 rings (SSSR count). The van der Waals surface area contributed by atoms with Gasteiger partial charge in [-0.2, -0.15) is 15.0 Å². The van der Waals surface area contributed by atoms with E-state index in [2.05, 4.69) is 25.7 Å². The van der Waals surface area contributed by atoms with Crippen molar-refractivity contribution >= 4 is 28.4 Å². The number of carbonyl (C=O) groups excluding carboxylic acids is 1. The van der Waals surface area contributed by atoms with E-state index in [1.54, 1.807) is 18.3 Å². The summed E-state index contributed by atoms with van der Waals surface area (Å²) >= 11 is 0. The average Bonchev–Trinajstić information content (AvgIpc) is 3.18. The molecule has 2 unspecified atom stereocenters. The van der Waals surface area contributed by atoms with Crippen LogP contribution in [0.1, 0.15) is 50.0 Å². The number of aromatic nitrogens is 4. The van der Waals surface area contributed by atoms with Gasteiger partial charge in [-0.15, -0.1) is 0 Å². The highest BCUT2D eigenvalue weighted by atomic mass is 19.1. The number of nitriles is 1. The number of nitrogens with zero attached hydrogens (tertiary/aromatic N) is 5. The molecule has 1 amide bonds. The van der Waals surface area contributed by atoms with E-state index < -0.39 is 17.7 Å². The number of nitrogen functional groups attached to an aromatic ring is 1. The van der Waals surface area contributed by atoms with E-state index in [-0.39, 0.29) is 29.5 Å². The zero-order valence-electron chi connectivity index (χ0n) is 18.9. The molecule has 0 spiro atoms. The van der Waals surface area contributed by atoms with Gasteiger partial charge in [0, 0.05) is 23.7 Å². The van der Waals surface area contributed by atoms with Gasteiger partial charge in [0.05, 0.1) is 35.2 Å². The minimum absolute atomic E-state index is 0.0402. The molecular formula is C22H27FN8O2. The third kappa shape index (κ3) is 5.18. The molecule has 11 heteroatoms. The number of hydrogen-bond acceptors (Lipinski definition) is 8. The fraction of sp³-hybridized carbons (Fsp3) is 0.409. The summed E-state index contributed by atoms with van der Waals surface area (Å²) in [5, 5.41) is 29.6. The number of halogens is 1. The molecule has 10 nitrogen and oxygen atoms in total. The van der Waals surface area contributed by atoms with Crippen LogP contribution in [0.25, 0.3) is 16.9 Å². The zero-order valence-corrected chi connectivity index (χ0v) is 18.9. The van der Waals surface area contributed by atoms with Crippen LogP contribution in [0.15, 0.2) is 24.5 Å². The smallest absolute Gasteiger partial charge is 0.255 e. The van der Waals surface area contributed by atoms with Crippen molar-refractivity contribution in [2.24, 2.45) is 0 Å². The van der Waals surface area contributed by atoms with Gasteiger partial charge in [0.1, 0.15) is 18.1 Å². The number of hydrogen-bond donors (Lipinski definition) is 4. The van der Waals surface area contributed by atoms with Gasteiger partial charge in [-0.25, -0.2) is 14.4 Å². The van der Waals surface area contributed by atoms with Crippen LogP contribution in [0.3, 0.4) is 0 Å². The van der Waals surface area contributed by atoms with Crippen LogP contribution in [0.5, 0.6) is 0 Å². The second kappa shape index (κ2) is 9.38. The molecule has 0 aliphatic carbocycles. The largest absolute Gasteiger partial charge is 0.387 e. The molecule has 0 aliphatic heterocycles. The first-order valence-electron chi connectivity index (χ1n) is 10.5. The normalized spacial score (nSPS) is 13.4. The van der Waals surface area contributed by atoms with Crippen LogP contribution < -0.4 is 16.4 Å². The molecule has 0 aromatic carbocycles. The summed E-state index contributed by atoms with van der Waals surface area (Å²) in [6.07, 6.45) is 2.08. The summed E-state index contributed by atoms with van der Waals surface area (Å²) in [5.41, 5.74) is 5.65. The minimum atomic E-state index is -1.63. The van der Waals surface area contributed by atoms with E-state index >= 15 is 0 Å². The Bertz CT molecular complexity index is 1210. The lowest BCUT2D eigenvalue weighted by Crippen LogP contribution is -2.42. The predicted molar refractivity (Wildman–Crippen MR) is 123 cm³/mol. The number of aliphatic hydroxyl groups is 1. The lowest BCUT2D eigenvalue weighted by atomic mass is 10.0. The first-order chi connectivity index (χ1) is 15.5. The van der Waals surface area contributed by atoms with Gasteiger partial charge < -0.3 is 21.5 Å². The fourth-order valence-corrected chi connectivity index (χ4v) is 2.98. The summed E-state index contributed by atoms with van der Waals surface area (Å²) < 4.78 is 15.6. The quantitative estimate of drug-likeness (QED) is 0.404. The molecule has 0 aliphatic rings. The Hall–Kier alpha value is -3.78. The van der Waals surface area contributed by atoms with E-state index in [0.717, 1.165) is 6.42 Å². The fourth-order valence-electron chi connectivity index (χ4n) is 2.98. The number of pyridine rings is 2. The van der Waals surface area contributed by atoms with E-state index in [9.17, 15) is 14.3 Å². The Balaban J connectivity index is 1.98. The number of nitrogens with two attached hydrogens (primary N) is 1. The van der Waals surface area contributed by atoms with Crippen molar-refractivity contribution in [3.05, 3.63) is 35.7 Å². The van der Waals surface area contributed by atoms with Crippen LogP contribution in [0, 0.1) is 11.3 Å². The SMILES string of the molecule is CCC(C)Nc1cc(-n2ncc3cc(C#N)c(N)nc32)ncc1C(=O)NCC(F)C(C)(C)O. The Morgan fingerprint density at radius 3 is 2.76 bits per heavy atom. The molecule has 174 valence electrons. The monoisotopic (exact) mass is 454 g/mol. The lowest BCUT2D eigenvalue weighted by molar-refractivity contribution is -0.00177. The molecule has 0 bridgehead atoms. The van der Waals surface area contributed by atoms with E-state index in [4.69, 9.17) is 11.0 Å². The molecule has 3 heterocycles. The number of anilines is 2. The molecular weight excluding hydrogens is 427 g/mol. The predicted octanol–water partition coefficient (Wildman–Crippen LogP) is 2.32. The minimum Gasteiger partial charge on any atom is -0.387 e. The lowest BCUT2D eigenvalue weighted by Gasteiger charge is -2.23. The molecule has 3 aromatic heterocycles. The summed E-state index contributed by atoms with van der Waals surface area (Å²) in [6, 6.07) is 5.27. The van der Waals surface area contributed by atoms with Gasteiger partial charge in [-0.05, 0) is 33.3 Å². The first-order valence-corrected chi connectivity index (χ1v) is 10.5. The Labute approximate surface area is 190 Å². The maximum absolute atomic E-state index is 14.1. The molecule has 3 aromatic rings. The highest BCUT2D eigenvalue weighted by Crippen LogP contribution is 2.24. The van der Waals surface area contributed by atoms with Crippen molar-refractivity contribution in [2.75, 3.05) is 17.6 Å². The average molecular weight is 455 g/mol. The Kier molecular flexibility index (Phi) is 6.78. The number of fused-ring (bicyclic) bond motifs is 1. The van der Waals surface area contributed by atoms with Crippen molar-refractivity contribution in [2.45, 2.75) is 51.9 Å². The molecule has 5 N–H and O–H groups in total. The van der Waals surface area contributed by atoms with Crippen molar-refractivity contribution in [3.63, 3.8) is 0 Å². The van der Waals surface area contributed by atoms with Crippen molar-refractivity contribution in [1.29, 1.82) is 5.26 Å². The highest BCUT2D eigenvalue weighted by molar-refractivity contribution is 5.99. The topological polar surface area (TPSA) is 155 Å². The first kappa shape index (κ1) is 23.9. The van der Waals surface area contributed by atoms with Crippen molar-refractivity contribution in [1.82, 2.24) is 25.1 Å². The molecule has 0 saturated heterocycles. The Morgan fingerprint density at radius 2 is 2.12 bits per heavy atom. The van der Waals surface area contributed by atoms with Crippen molar-refractivity contribution in [3.8, 4) is 11.9 Å². The van der Waals surface area contributed by atoms with Gasteiger partial charge in [-0.3, -0.25) is 4.79 Å². The van der Waals surface area contributed by atoms with Gasteiger partial charge >= 0.3 is 0 Å². The van der Waals surface area contributed by atoms with Gasteiger partial charge in [-0.1, -0.05) is 6.92 Å². The molecule has 0 saturated carbocycles. The van der Waals surface area contributed by atoms with Gasteiger partial charge in [0.15, 0.2) is 11.5 Å². The summed E-state index contributed by atoms with van der Waals surface area (Å²) in [4.78, 5) is 21.4. The standard InChI is InChI=1S/C22H27FN8O2/c1-5-12(2)29-16-7-18(26-10-15(16)21(32)27-11-17(23)22(3,4)33)31-20-14(9-28-31)6-13(8-24)19(25)30-20/h6-7,9-10,12,17,33H,5,11H2,1-4H3,(H2,25,30)(H,26,29)(H,27,32). The van der Waals surface area contributed by atoms with E-state index in [0.29, 0.717) is 22.5 Å². The molecule has 33 heavy (non-hydrogen) atoms. The Morgan fingerprint density at radius 1 is 1.39 bits per heavy atom. The maximum atomic E-state index is 14.1. The van der Waals surface area contributed by atoms with Crippen LogP contribution in [-0.2, 0) is 0 Å². The molecule has 0 fully saturated rings. The number of carbonyl (C=O) groups is 1. The zero-order chi connectivity index (χ0) is 24.3. The number of nitrogens with one attached hydrogen (secondary N) is 2. The highest BCUT2D eigenvalue weighted by Gasteiger charge is 2.27. The second-order valence-corrected chi connectivity index (χ2v) is 8.38. The second-order valence-electron chi connectivity index (χ2n) is 8.38. The van der Waals surface area contributed by atoms with Crippen LogP contribution in [0.2, 0.25) is 0 Å². The third-order valence-electron chi connectivity index (χ3n) is 5.27. The van der Waals surface area contributed by atoms with Crippen LogP contribution >= 0.6 is 0 Å². The van der Waals surface area contributed by atoms with Crippen LogP contribution in [-0.4, -0.2) is 55.1 Å². The molecule has 2 atom stereocenters. The van der Waals surface area contributed by atoms with Gasteiger partial charge in [0.2, 0.25) is 0 Å². The summed E-state index contributed by atoms with van der Waals surface area (Å²) in [7, 11) is 0. The number of rotatable bonds is 8. The third-order valence-corrected chi connectivity index (χ3v) is 5.27. The van der Waals surface area contributed by atoms with Crippen LogP contribution in [0.4, 0.5) is 15.9 Å². The summed E-state index contributed by atoms with van der Waals surface area (Å²) in [6.45, 7) is 6.29.